The van der Waals surface area contributed by atoms with Crippen molar-refractivity contribution in [1.82, 2.24) is 10.1 Å². The molecule has 2 aromatic heterocycles. The molecule has 0 atom stereocenters. The Kier molecular flexibility index (Phi) is 3.54. The third-order valence-corrected chi connectivity index (χ3v) is 6.72. The van der Waals surface area contributed by atoms with Gasteiger partial charge >= 0.3 is 0 Å². The highest BCUT2D eigenvalue weighted by atomic mass is 32.2. The number of ether oxygens (including phenoxy) is 1. The summed E-state index contributed by atoms with van der Waals surface area (Å²) in [5, 5.41) is 5.80. The van der Waals surface area contributed by atoms with Crippen LogP contribution >= 0.6 is 11.3 Å². The molecular formula is C17H15N3O4S2. The summed E-state index contributed by atoms with van der Waals surface area (Å²) >= 11 is 1.36. The van der Waals surface area contributed by atoms with E-state index in [1.54, 1.807) is 29.6 Å². The van der Waals surface area contributed by atoms with Gasteiger partial charge in [-0.3, -0.25) is 4.72 Å². The number of nitrogens with zero attached hydrogens (tertiary/aromatic N) is 2. The molecule has 0 unspecified atom stereocenters. The molecule has 134 valence electrons. The Hall–Kier alpha value is -2.39. The van der Waals surface area contributed by atoms with Gasteiger partial charge in [0.25, 0.3) is 15.9 Å². The minimum absolute atomic E-state index is 0.211. The fourth-order valence-corrected chi connectivity index (χ4v) is 4.88. The van der Waals surface area contributed by atoms with Crippen molar-refractivity contribution in [3.8, 4) is 16.5 Å². The molecule has 0 amide bonds. The predicted octanol–water partition coefficient (Wildman–Crippen LogP) is 3.41. The second-order valence-electron chi connectivity index (χ2n) is 6.37. The van der Waals surface area contributed by atoms with Crippen molar-refractivity contribution < 1.29 is 17.7 Å². The average molecular weight is 389 g/mol. The van der Waals surface area contributed by atoms with Crippen molar-refractivity contribution in [2.24, 2.45) is 0 Å². The normalized spacial score (nSPS) is 16.3. The number of hydrogen-bond acceptors (Lipinski definition) is 7. The molecule has 1 aliphatic heterocycles. The molecule has 1 fully saturated rings. The molecule has 1 aromatic carbocycles. The van der Waals surface area contributed by atoms with Gasteiger partial charge in [0.2, 0.25) is 0 Å². The molecule has 26 heavy (non-hydrogen) atoms. The fraction of sp³-hybridized carbons (Fsp3) is 0.294. The molecular weight excluding hydrogens is 374 g/mol. The molecule has 0 radical (unpaired) electrons. The number of thiophene rings is 1. The van der Waals surface area contributed by atoms with Crippen molar-refractivity contribution in [1.29, 1.82) is 0 Å². The first kappa shape index (κ1) is 15.8. The third kappa shape index (κ3) is 2.77. The Morgan fingerprint density at radius 3 is 2.96 bits per heavy atom. The molecule has 3 aromatic rings. The first-order valence-electron chi connectivity index (χ1n) is 8.30. The molecule has 1 N–H and O–H groups in total. The lowest BCUT2D eigenvalue weighted by Crippen LogP contribution is -2.13. The Labute approximate surface area is 154 Å². The van der Waals surface area contributed by atoms with Gasteiger partial charge in [-0.1, -0.05) is 5.16 Å². The monoisotopic (exact) mass is 389 g/mol. The van der Waals surface area contributed by atoms with Crippen LogP contribution in [0.2, 0.25) is 0 Å². The Morgan fingerprint density at radius 2 is 2.12 bits per heavy atom. The molecule has 0 bridgehead atoms. The van der Waals surface area contributed by atoms with Crippen LogP contribution in [0, 0.1) is 0 Å². The van der Waals surface area contributed by atoms with E-state index in [2.05, 4.69) is 14.9 Å². The number of rotatable bonds is 5. The van der Waals surface area contributed by atoms with Gasteiger partial charge in [-0.25, -0.2) is 8.42 Å². The molecule has 1 aliphatic carbocycles. The van der Waals surface area contributed by atoms with E-state index in [9.17, 15) is 8.42 Å². The minimum atomic E-state index is -3.72. The van der Waals surface area contributed by atoms with Gasteiger partial charge in [0, 0.05) is 12.3 Å². The molecule has 1 saturated carbocycles. The van der Waals surface area contributed by atoms with Crippen molar-refractivity contribution >= 4 is 27.0 Å². The smallest absolute Gasteiger partial charge is 0.270 e. The third-order valence-electron chi connectivity index (χ3n) is 4.46. The van der Waals surface area contributed by atoms with E-state index >= 15 is 0 Å². The summed E-state index contributed by atoms with van der Waals surface area (Å²) in [6.07, 6.45) is 2.87. The second kappa shape index (κ2) is 5.82. The lowest BCUT2D eigenvalue weighted by molar-refractivity contribution is 0.356. The van der Waals surface area contributed by atoms with Gasteiger partial charge in [-0.2, -0.15) is 4.98 Å². The number of fused-ring (bicyclic) bond motifs is 1. The lowest BCUT2D eigenvalue weighted by atomic mass is 10.2. The molecule has 3 heterocycles. The molecule has 0 saturated heterocycles. The quantitative estimate of drug-likeness (QED) is 0.719. The highest BCUT2D eigenvalue weighted by Crippen LogP contribution is 2.40. The molecule has 7 nitrogen and oxygen atoms in total. The SMILES string of the molecule is O=S(=O)(Nc1ccsc1-c1nc(C2CC2)no1)c1ccc2c(c1)CCO2. The van der Waals surface area contributed by atoms with E-state index in [4.69, 9.17) is 9.26 Å². The summed E-state index contributed by atoms with van der Waals surface area (Å²) < 4.78 is 39.0. The Balaban J connectivity index is 1.45. The number of benzene rings is 1. The first-order chi connectivity index (χ1) is 12.6. The highest BCUT2D eigenvalue weighted by molar-refractivity contribution is 7.92. The summed E-state index contributed by atoms with van der Waals surface area (Å²) in [6.45, 7) is 0.585. The van der Waals surface area contributed by atoms with Gasteiger partial charge in [0.05, 0.1) is 17.2 Å². The Bertz CT molecular complexity index is 1080. The maximum Gasteiger partial charge on any atom is 0.270 e. The zero-order valence-corrected chi connectivity index (χ0v) is 15.3. The number of sulfonamides is 1. The average Bonchev–Trinajstić information content (AvgIpc) is 3.03. The number of nitrogens with one attached hydrogen (secondary N) is 1. The van der Waals surface area contributed by atoms with Crippen LogP contribution in [-0.4, -0.2) is 25.2 Å². The van der Waals surface area contributed by atoms with Crippen LogP contribution in [0.3, 0.4) is 0 Å². The lowest BCUT2D eigenvalue weighted by Gasteiger charge is -2.09. The summed E-state index contributed by atoms with van der Waals surface area (Å²) in [4.78, 5) is 5.24. The summed E-state index contributed by atoms with van der Waals surface area (Å²) in [6, 6.07) is 6.62. The zero-order valence-electron chi connectivity index (χ0n) is 13.6. The second-order valence-corrected chi connectivity index (χ2v) is 8.97. The van der Waals surface area contributed by atoms with E-state index in [-0.39, 0.29) is 4.90 Å². The molecule has 5 rings (SSSR count). The maximum atomic E-state index is 12.8. The summed E-state index contributed by atoms with van der Waals surface area (Å²) in [7, 11) is -3.72. The van der Waals surface area contributed by atoms with E-state index in [1.807, 2.05) is 0 Å². The number of anilines is 1. The van der Waals surface area contributed by atoms with Crippen molar-refractivity contribution in [3.05, 3.63) is 41.0 Å². The van der Waals surface area contributed by atoms with E-state index in [1.165, 1.54) is 11.3 Å². The van der Waals surface area contributed by atoms with E-state index in [0.29, 0.717) is 41.2 Å². The molecule has 9 heteroatoms. The summed E-state index contributed by atoms with van der Waals surface area (Å²) in [5.74, 6) is 2.17. The topological polar surface area (TPSA) is 94.3 Å². The van der Waals surface area contributed by atoms with Crippen LogP contribution in [0.1, 0.15) is 30.1 Å². The van der Waals surface area contributed by atoms with Gasteiger partial charge < -0.3 is 9.26 Å². The van der Waals surface area contributed by atoms with Crippen molar-refractivity contribution in [3.63, 3.8) is 0 Å². The van der Waals surface area contributed by atoms with Crippen LogP contribution in [0.5, 0.6) is 5.75 Å². The van der Waals surface area contributed by atoms with Gasteiger partial charge in [0.15, 0.2) is 5.82 Å². The maximum absolute atomic E-state index is 12.8. The minimum Gasteiger partial charge on any atom is -0.493 e. The Morgan fingerprint density at radius 1 is 1.23 bits per heavy atom. The number of hydrogen-bond donors (Lipinski definition) is 1. The van der Waals surface area contributed by atoms with Crippen LogP contribution in [0.25, 0.3) is 10.8 Å². The van der Waals surface area contributed by atoms with E-state index < -0.39 is 10.0 Å². The van der Waals surface area contributed by atoms with Gasteiger partial charge in [-0.05, 0) is 48.1 Å². The standard InChI is InChI=1S/C17H15N3O4S2/c21-26(22,12-3-4-14-11(9-12)5-7-23-14)20-13-6-8-25-15(13)17-18-16(19-24-17)10-1-2-10/h3-4,6,8-10,20H,1-2,5,7H2. The number of aromatic nitrogens is 2. The van der Waals surface area contributed by atoms with E-state index in [0.717, 1.165) is 24.2 Å². The van der Waals surface area contributed by atoms with Gasteiger partial charge in [0.1, 0.15) is 10.6 Å². The summed E-state index contributed by atoms with van der Waals surface area (Å²) in [5.41, 5.74) is 1.35. The fourth-order valence-electron chi connectivity index (χ4n) is 2.92. The highest BCUT2D eigenvalue weighted by Gasteiger charge is 2.30. The van der Waals surface area contributed by atoms with Crippen LogP contribution in [0.4, 0.5) is 5.69 Å². The largest absolute Gasteiger partial charge is 0.493 e. The molecule has 2 aliphatic rings. The zero-order chi connectivity index (χ0) is 17.7. The van der Waals surface area contributed by atoms with Gasteiger partial charge in [-0.15, -0.1) is 11.3 Å². The predicted molar refractivity (Wildman–Crippen MR) is 96.0 cm³/mol. The van der Waals surface area contributed by atoms with Crippen LogP contribution in [-0.2, 0) is 16.4 Å². The molecule has 0 spiro atoms. The first-order valence-corrected chi connectivity index (χ1v) is 10.7. The van der Waals surface area contributed by atoms with Crippen molar-refractivity contribution in [2.75, 3.05) is 11.3 Å². The van der Waals surface area contributed by atoms with Crippen LogP contribution in [0.15, 0.2) is 39.1 Å². The van der Waals surface area contributed by atoms with Crippen molar-refractivity contribution in [2.45, 2.75) is 30.1 Å². The van der Waals surface area contributed by atoms with Crippen LogP contribution < -0.4 is 9.46 Å².